The Morgan fingerprint density at radius 3 is 2.79 bits per heavy atom. The van der Waals surface area contributed by atoms with Crippen molar-refractivity contribution in [3.63, 3.8) is 0 Å². The number of esters is 1. The zero-order valence-electron chi connectivity index (χ0n) is 8.28. The molecule has 0 heterocycles. The van der Waals surface area contributed by atoms with Crippen molar-refractivity contribution in [3.8, 4) is 0 Å². The molecule has 0 aliphatic heterocycles. The lowest BCUT2D eigenvalue weighted by molar-refractivity contribution is -0.144. The maximum atomic E-state index is 10.9. The van der Waals surface area contributed by atoms with Crippen LogP contribution in [0.2, 0.25) is 0 Å². The molecule has 1 aliphatic carbocycles. The zero-order valence-corrected chi connectivity index (χ0v) is 8.28. The summed E-state index contributed by atoms with van der Waals surface area (Å²) in [7, 11) is 0. The van der Waals surface area contributed by atoms with Crippen LogP contribution in [-0.4, -0.2) is 5.97 Å². The number of allylic oxidation sites excluding steroid dienone is 1. The highest BCUT2D eigenvalue weighted by Gasteiger charge is 2.22. The van der Waals surface area contributed by atoms with E-state index in [1.54, 1.807) is 0 Å². The van der Waals surface area contributed by atoms with E-state index in [0.29, 0.717) is 0 Å². The second-order valence-corrected chi connectivity index (χ2v) is 3.47. The Morgan fingerprint density at radius 1 is 1.36 bits per heavy atom. The fourth-order valence-corrected chi connectivity index (χ4v) is 1.79. The standard InChI is InChI=1S/C12H12O2/c1-8-7-12(14-9(2)13)11-6-4-3-5-10(8)11/h3-7,12H,1-2H3. The third-order valence-electron chi connectivity index (χ3n) is 2.39. The maximum Gasteiger partial charge on any atom is 0.303 e. The van der Waals surface area contributed by atoms with Gasteiger partial charge in [-0.1, -0.05) is 24.3 Å². The lowest BCUT2D eigenvalue weighted by Crippen LogP contribution is -2.04. The van der Waals surface area contributed by atoms with E-state index in [0.717, 1.165) is 5.56 Å². The predicted molar refractivity (Wildman–Crippen MR) is 54.6 cm³/mol. The first-order valence-corrected chi connectivity index (χ1v) is 4.63. The Kier molecular flexibility index (Phi) is 2.12. The summed E-state index contributed by atoms with van der Waals surface area (Å²) in [5, 5.41) is 0. The van der Waals surface area contributed by atoms with Crippen molar-refractivity contribution in [2.24, 2.45) is 0 Å². The number of hydrogen-bond acceptors (Lipinski definition) is 2. The first kappa shape index (κ1) is 9.00. The Hall–Kier alpha value is -1.57. The van der Waals surface area contributed by atoms with Crippen LogP contribution in [0.15, 0.2) is 30.3 Å². The summed E-state index contributed by atoms with van der Waals surface area (Å²) in [6.07, 6.45) is 1.79. The van der Waals surface area contributed by atoms with E-state index in [1.165, 1.54) is 18.1 Å². The van der Waals surface area contributed by atoms with E-state index in [-0.39, 0.29) is 12.1 Å². The maximum absolute atomic E-state index is 10.9. The van der Waals surface area contributed by atoms with Crippen molar-refractivity contribution >= 4 is 11.5 Å². The van der Waals surface area contributed by atoms with Gasteiger partial charge in [-0.15, -0.1) is 0 Å². The van der Waals surface area contributed by atoms with Gasteiger partial charge in [-0.05, 0) is 24.1 Å². The largest absolute Gasteiger partial charge is 0.453 e. The van der Waals surface area contributed by atoms with Crippen LogP contribution in [0.1, 0.15) is 31.1 Å². The molecule has 1 atom stereocenters. The highest BCUT2D eigenvalue weighted by molar-refractivity contribution is 5.74. The van der Waals surface area contributed by atoms with Crippen molar-refractivity contribution in [1.82, 2.24) is 0 Å². The molecule has 0 saturated heterocycles. The predicted octanol–water partition coefficient (Wildman–Crippen LogP) is 2.71. The summed E-state index contributed by atoms with van der Waals surface area (Å²) in [6, 6.07) is 7.99. The molecule has 1 unspecified atom stereocenters. The lowest BCUT2D eigenvalue weighted by Gasteiger charge is -2.10. The first-order chi connectivity index (χ1) is 6.68. The summed E-state index contributed by atoms with van der Waals surface area (Å²) in [4.78, 5) is 10.9. The van der Waals surface area contributed by atoms with Gasteiger partial charge < -0.3 is 4.74 Å². The van der Waals surface area contributed by atoms with E-state index in [4.69, 9.17) is 4.74 Å². The molecule has 72 valence electrons. The number of benzene rings is 1. The van der Waals surface area contributed by atoms with Crippen LogP contribution >= 0.6 is 0 Å². The fraction of sp³-hybridized carbons (Fsp3) is 0.250. The van der Waals surface area contributed by atoms with E-state index in [1.807, 2.05) is 37.3 Å². The highest BCUT2D eigenvalue weighted by atomic mass is 16.5. The van der Waals surface area contributed by atoms with Crippen LogP contribution in [0.25, 0.3) is 5.57 Å². The molecule has 0 N–H and O–H groups in total. The lowest BCUT2D eigenvalue weighted by atomic mass is 10.1. The summed E-state index contributed by atoms with van der Waals surface area (Å²) in [6.45, 7) is 3.46. The molecule has 0 amide bonds. The van der Waals surface area contributed by atoms with E-state index < -0.39 is 0 Å². The van der Waals surface area contributed by atoms with Gasteiger partial charge in [0.2, 0.25) is 0 Å². The number of rotatable bonds is 1. The average molecular weight is 188 g/mol. The summed E-state index contributed by atoms with van der Waals surface area (Å²) in [5.41, 5.74) is 3.44. The minimum Gasteiger partial charge on any atom is -0.453 e. The van der Waals surface area contributed by atoms with Crippen LogP contribution < -0.4 is 0 Å². The molecule has 0 fully saturated rings. The van der Waals surface area contributed by atoms with Crippen molar-refractivity contribution in [1.29, 1.82) is 0 Å². The van der Waals surface area contributed by atoms with Crippen LogP contribution in [0.3, 0.4) is 0 Å². The van der Waals surface area contributed by atoms with Gasteiger partial charge in [-0.2, -0.15) is 0 Å². The summed E-state index contributed by atoms with van der Waals surface area (Å²) < 4.78 is 5.19. The molecular formula is C12H12O2. The minimum absolute atomic E-state index is 0.191. The highest BCUT2D eigenvalue weighted by Crippen LogP contribution is 2.35. The minimum atomic E-state index is -0.240. The van der Waals surface area contributed by atoms with E-state index >= 15 is 0 Å². The molecule has 1 aromatic carbocycles. The number of ether oxygens (including phenoxy) is 1. The van der Waals surface area contributed by atoms with Gasteiger partial charge in [-0.3, -0.25) is 4.79 Å². The molecule has 0 radical (unpaired) electrons. The quantitative estimate of drug-likeness (QED) is 0.633. The van der Waals surface area contributed by atoms with E-state index in [2.05, 4.69) is 0 Å². The van der Waals surface area contributed by atoms with Gasteiger partial charge in [0, 0.05) is 12.5 Å². The molecule has 0 saturated carbocycles. The average Bonchev–Trinajstić information content (AvgIpc) is 2.44. The number of carbonyl (C=O) groups is 1. The molecule has 0 aromatic heterocycles. The van der Waals surface area contributed by atoms with Gasteiger partial charge >= 0.3 is 5.97 Å². The smallest absolute Gasteiger partial charge is 0.303 e. The zero-order chi connectivity index (χ0) is 10.1. The van der Waals surface area contributed by atoms with Crippen LogP contribution in [0.4, 0.5) is 0 Å². The first-order valence-electron chi connectivity index (χ1n) is 4.63. The molecule has 0 bridgehead atoms. The molecule has 2 heteroatoms. The molecule has 0 spiro atoms. The Bertz CT molecular complexity index is 405. The summed E-state index contributed by atoms with van der Waals surface area (Å²) in [5.74, 6) is -0.240. The topological polar surface area (TPSA) is 26.3 Å². The van der Waals surface area contributed by atoms with Gasteiger partial charge in [0.1, 0.15) is 6.10 Å². The van der Waals surface area contributed by atoms with Crippen LogP contribution in [0, 0.1) is 0 Å². The third-order valence-corrected chi connectivity index (χ3v) is 2.39. The van der Waals surface area contributed by atoms with Crippen molar-refractivity contribution in [3.05, 3.63) is 41.5 Å². The molecule has 2 rings (SSSR count). The molecule has 14 heavy (non-hydrogen) atoms. The second-order valence-electron chi connectivity index (χ2n) is 3.47. The van der Waals surface area contributed by atoms with Gasteiger partial charge in [0.15, 0.2) is 0 Å². The monoisotopic (exact) mass is 188 g/mol. The van der Waals surface area contributed by atoms with Crippen LogP contribution in [0.5, 0.6) is 0 Å². The summed E-state index contributed by atoms with van der Waals surface area (Å²) >= 11 is 0. The number of hydrogen-bond donors (Lipinski definition) is 0. The van der Waals surface area contributed by atoms with Crippen molar-refractivity contribution < 1.29 is 9.53 Å². The van der Waals surface area contributed by atoms with E-state index in [9.17, 15) is 4.79 Å². The number of fused-ring (bicyclic) bond motifs is 1. The third kappa shape index (κ3) is 1.43. The number of carbonyl (C=O) groups excluding carboxylic acids is 1. The van der Waals surface area contributed by atoms with Crippen LogP contribution in [-0.2, 0) is 9.53 Å². The van der Waals surface area contributed by atoms with Gasteiger partial charge in [0.25, 0.3) is 0 Å². The normalized spacial score (nSPS) is 18.7. The Morgan fingerprint density at radius 2 is 2.07 bits per heavy atom. The molecule has 1 aliphatic rings. The fourth-order valence-electron chi connectivity index (χ4n) is 1.79. The molecule has 2 nitrogen and oxygen atoms in total. The Labute approximate surface area is 83.2 Å². The van der Waals surface area contributed by atoms with Gasteiger partial charge in [0.05, 0.1) is 0 Å². The van der Waals surface area contributed by atoms with Crippen molar-refractivity contribution in [2.45, 2.75) is 20.0 Å². The molecular weight excluding hydrogens is 176 g/mol. The van der Waals surface area contributed by atoms with Gasteiger partial charge in [-0.25, -0.2) is 0 Å². The second kappa shape index (κ2) is 3.29. The molecule has 1 aromatic rings. The van der Waals surface area contributed by atoms with Crippen molar-refractivity contribution in [2.75, 3.05) is 0 Å². The SMILES string of the molecule is CC(=O)OC1C=C(C)c2ccccc21. The Balaban J connectivity index is 2.37.